The first-order valence-corrected chi connectivity index (χ1v) is 15.4. The molecular weight excluding hydrogens is 424 g/mol. The average Bonchev–Trinajstić information content (AvgIpc) is 2.90. The maximum Gasteiger partial charge on any atom is 0.159 e. The smallest absolute Gasteiger partial charge is 0.159 e. The molecule has 0 aromatic heterocycles. The van der Waals surface area contributed by atoms with Crippen molar-refractivity contribution < 1.29 is 4.79 Å². The number of carbonyl (C=O) groups excluding carboxylic acids is 1. The van der Waals surface area contributed by atoms with Gasteiger partial charge in [-0.2, -0.15) is 0 Å². The highest BCUT2D eigenvalue weighted by Crippen LogP contribution is 2.42. The van der Waals surface area contributed by atoms with E-state index in [9.17, 15) is 4.79 Å². The summed E-state index contributed by atoms with van der Waals surface area (Å²) >= 11 is 0. The minimum atomic E-state index is 0.248. The molecule has 2 saturated carbocycles. The molecule has 0 N–H and O–H groups in total. The Hall–Kier alpha value is -1.37. The Morgan fingerprint density at radius 3 is 2.06 bits per heavy atom. The average molecular weight is 477 g/mol. The quantitative estimate of drug-likeness (QED) is 0.307. The molecule has 0 radical (unpaired) electrons. The molecule has 194 valence electrons. The van der Waals surface area contributed by atoms with Crippen LogP contribution in [0.15, 0.2) is 30.3 Å². The van der Waals surface area contributed by atoms with Crippen molar-refractivity contribution in [2.45, 2.75) is 129 Å². The van der Waals surface area contributed by atoms with Crippen LogP contribution in [-0.2, 0) is 4.79 Å². The molecule has 4 rings (SSSR count). The van der Waals surface area contributed by atoms with Crippen LogP contribution >= 0.6 is 0 Å². The Kier molecular flexibility index (Phi) is 10.1. The van der Waals surface area contributed by atoms with E-state index in [-0.39, 0.29) is 5.92 Å². The molecule has 1 aromatic rings. The molecule has 0 heterocycles. The van der Waals surface area contributed by atoms with Gasteiger partial charge in [0.15, 0.2) is 5.78 Å². The maximum absolute atomic E-state index is 13.2. The normalized spacial score (nSPS) is 30.7. The monoisotopic (exact) mass is 476 g/mol. The van der Waals surface area contributed by atoms with Crippen LogP contribution in [0, 0.1) is 29.6 Å². The molecule has 1 aromatic carbocycles. The number of hydrogen-bond acceptors (Lipinski definition) is 1. The van der Waals surface area contributed by atoms with Crippen LogP contribution in [0.1, 0.15) is 141 Å². The Morgan fingerprint density at radius 2 is 1.43 bits per heavy atom. The van der Waals surface area contributed by atoms with Gasteiger partial charge in [-0.1, -0.05) is 96.4 Å². The lowest BCUT2D eigenvalue weighted by Crippen LogP contribution is -2.31. The summed E-state index contributed by atoms with van der Waals surface area (Å²) in [5, 5.41) is 0. The topological polar surface area (TPSA) is 17.1 Å². The number of ketones is 1. The minimum absolute atomic E-state index is 0.248. The minimum Gasteiger partial charge on any atom is -0.295 e. The highest BCUT2D eigenvalue weighted by atomic mass is 16.1. The van der Waals surface area contributed by atoms with Gasteiger partial charge < -0.3 is 0 Å². The molecule has 1 heteroatoms. The second-order valence-corrected chi connectivity index (χ2v) is 12.5. The lowest BCUT2D eigenvalue weighted by Gasteiger charge is -2.36. The van der Waals surface area contributed by atoms with Crippen molar-refractivity contribution in [1.29, 1.82) is 0 Å². The zero-order chi connectivity index (χ0) is 24.6. The largest absolute Gasteiger partial charge is 0.295 e. The van der Waals surface area contributed by atoms with Crippen LogP contribution in [0.25, 0.3) is 5.57 Å². The van der Waals surface area contributed by atoms with E-state index in [2.05, 4.69) is 45.0 Å². The molecule has 2 atom stereocenters. The Bertz CT molecular complexity index is 801. The van der Waals surface area contributed by atoms with Gasteiger partial charge in [0.25, 0.3) is 0 Å². The van der Waals surface area contributed by atoms with Gasteiger partial charge >= 0.3 is 0 Å². The third-order valence-electron chi connectivity index (χ3n) is 10.2. The third kappa shape index (κ3) is 7.11. The van der Waals surface area contributed by atoms with Crippen LogP contribution in [0.4, 0.5) is 0 Å². The summed E-state index contributed by atoms with van der Waals surface area (Å²) in [5.74, 6) is 4.61. The van der Waals surface area contributed by atoms with Crippen LogP contribution in [0.2, 0.25) is 0 Å². The summed E-state index contributed by atoms with van der Waals surface area (Å²) in [7, 11) is 0. The first-order valence-electron chi connectivity index (χ1n) is 15.4. The van der Waals surface area contributed by atoms with Crippen molar-refractivity contribution >= 4 is 11.4 Å². The van der Waals surface area contributed by atoms with Crippen LogP contribution < -0.4 is 0 Å². The van der Waals surface area contributed by atoms with Gasteiger partial charge in [0, 0.05) is 5.92 Å². The van der Waals surface area contributed by atoms with Crippen LogP contribution in [0.3, 0.4) is 0 Å². The molecule has 0 aliphatic heterocycles. The van der Waals surface area contributed by atoms with E-state index in [4.69, 9.17) is 0 Å². The molecule has 3 aliphatic rings. The van der Waals surface area contributed by atoms with Gasteiger partial charge in [-0.05, 0) is 104 Å². The molecule has 35 heavy (non-hydrogen) atoms. The van der Waals surface area contributed by atoms with Crippen molar-refractivity contribution in [3.63, 3.8) is 0 Å². The number of carbonyl (C=O) groups is 1. The Balaban J connectivity index is 1.28. The maximum atomic E-state index is 13.2. The zero-order valence-electron chi connectivity index (χ0n) is 23.1. The molecule has 3 aliphatic carbocycles. The predicted molar refractivity (Wildman–Crippen MR) is 151 cm³/mol. The second-order valence-electron chi connectivity index (χ2n) is 12.5. The summed E-state index contributed by atoms with van der Waals surface area (Å²) in [6, 6.07) is 9.32. The summed E-state index contributed by atoms with van der Waals surface area (Å²) in [6.07, 6.45) is 23.4. The summed E-state index contributed by atoms with van der Waals surface area (Å²) in [6.45, 7) is 7.00. The predicted octanol–water partition coefficient (Wildman–Crippen LogP) is 10.1. The molecule has 1 nitrogen and oxygen atoms in total. The van der Waals surface area contributed by atoms with Crippen molar-refractivity contribution in [2.75, 3.05) is 0 Å². The number of allylic oxidation sites excluding steroid dienone is 2. The SMILES string of the molecule is CCCCCC1CCC(C(C)C2CCC(c3ccc(C4CCC(CCC)CC4)cc3)=CC2=O)CC1. The molecule has 0 amide bonds. The zero-order valence-corrected chi connectivity index (χ0v) is 23.1. The van der Waals surface area contributed by atoms with E-state index >= 15 is 0 Å². The molecule has 2 fully saturated rings. The summed E-state index contributed by atoms with van der Waals surface area (Å²) in [4.78, 5) is 13.2. The number of rotatable bonds is 10. The fourth-order valence-electron chi connectivity index (χ4n) is 7.73. The number of benzene rings is 1. The molecule has 0 spiro atoms. The van der Waals surface area contributed by atoms with Crippen molar-refractivity contribution in [1.82, 2.24) is 0 Å². The highest BCUT2D eigenvalue weighted by Gasteiger charge is 2.34. The molecule has 0 bridgehead atoms. The first-order chi connectivity index (χ1) is 17.1. The molecule has 2 unspecified atom stereocenters. The lowest BCUT2D eigenvalue weighted by molar-refractivity contribution is -0.121. The fourth-order valence-corrected chi connectivity index (χ4v) is 7.73. The van der Waals surface area contributed by atoms with Crippen LogP contribution in [-0.4, -0.2) is 5.78 Å². The van der Waals surface area contributed by atoms with Gasteiger partial charge in [0.1, 0.15) is 0 Å². The van der Waals surface area contributed by atoms with Gasteiger partial charge in [-0.25, -0.2) is 0 Å². The Labute approximate surface area is 216 Å². The standard InChI is InChI=1S/C34H52O/c1-4-6-7-9-27-10-14-28(15-11-27)25(3)33-23-22-32(24-34(33)35)31-20-18-30(19-21-31)29-16-12-26(8-5-2)13-17-29/h18-21,24-29,33H,4-17,22-23H2,1-3H3. The van der Waals surface area contributed by atoms with Crippen molar-refractivity contribution in [3.05, 3.63) is 41.5 Å². The number of hydrogen-bond donors (Lipinski definition) is 0. The molecular formula is C34H52O. The van der Waals surface area contributed by atoms with Crippen molar-refractivity contribution in [2.24, 2.45) is 29.6 Å². The van der Waals surface area contributed by atoms with Gasteiger partial charge in [0.2, 0.25) is 0 Å². The van der Waals surface area contributed by atoms with E-state index in [0.717, 1.165) is 36.5 Å². The first kappa shape index (κ1) is 26.7. The van der Waals surface area contributed by atoms with Crippen molar-refractivity contribution in [3.8, 4) is 0 Å². The summed E-state index contributed by atoms with van der Waals surface area (Å²) < 4.78 is 0. The third-order valence-corrected chi connectivity index (χ3v) is 10.2. The second kappa shape index (κ2) is 13.3. The van der Waals surface area contributed by atoms with Gasteiger partial charge in [-0.3, -0.25) is 4.79 Å². The van der Waals surface area contributed by atoms with E-state index < -0.39 is 0 Å². The van der Waals surface area contributed by atoms with E-state index in [0.29, 0.717) is 11.7 Å². The Morgan fingerprint density at radius 1 is 0.771 bits per heavy atom. The lowest BCUT2D eigenvalue weighted by atomic mass is 9.68. The fraction of sp³-hybridized carbons (Fsp3) is 0.735. The van der Waals surface area contributed by atoms with E-state index in [1.54, 1.807) is 0 Å². The van der Waals surface area contributed by atoms with Gasteiger partial charge in [-0.15, -0.1) is 0 Å². The highest BCUT2D eigenvalue weighted by molar-refractivity contribution is 6.00. The summed E-state index contributed by atoms with van der Waals surface area (Å²) in [5.41, 5.74) is 4.07. The van der Waals surface area contributed by atoms with Gasteiger partial charge in [0.05, 0.1) is 0 Å². The van der Waals surface area contributed by atoms with E-state index in [1.165, 1.54) is 107 Å². The number of unbranched alkanes of at least 4 members (excludes halogenated alkanes) is 2. The van der Waals surface area contributed by atoms with Crippen LogP contribution in [0.5, 0.6) is 0 Å². The van der Waals surface area contributed by atoms with E-state index in [1.807, 2.05) is 6.08 Å². The molecule has 0 saturated heterocycles.